The Labute approximate surface area is 89.3 Å². The van der Waals surface area contributed by atoms with E-state index in [-0.39, 0.29) is 0 Å². The van der Waals surface area contributed by atoms with Gasteiger partial charge in [-0.3, -0.25) is 0 Å². The van der Waals surface area contributed by atoms with Crippen LogP contribution < -0.4 is 5.32 Å². The second kappa shape index (κ2) is 3.01. The summed E-state index contributed by atoms with van der Waals surface area (Å²) in [5.74, 6) is 0. The van der Waals surface area contributed by atoms with Crippen LogP contribution in [-0.4, -0.2) is 11.3 Å². The first kappa shape index (κ1) is 8.81. The number of nitrogens with one attached hydrogen (secondary N) is 1. The Morgan fingerprint density at radius 2 is 2.29 bits per heavy atom. The van der Waals surface area contributed by atoms with Crippen LogP contribution in [0.5, 0.6) is 0 Å². The fraction of sp³-hybridized carbons (Fsp3) is 0.500. The van der Waals surface area contributed by atoms with Crippen molar-refractivity contribution >= 4 is 11.8 Å². The topological polar surface area (TPSA) is 12.0 Å². The van der Waals surface area contributed by atoms with Gasteiger partial charge in [0.15, 0.2) is 0 Å². The lowest BCUT2D eigenvalue weighted by Crippen LogP contribution is -2.41. The third kappa shape index (κ3) is 1.14. The number of hydrogen-bond acceptors (Lipinski definition) is 2. The molecular formula is C12H15NS. The first-order chi connectivity index (χ1) is 6.80. The monoisotopic (exact) mass is 205 g/mol. The molecule has 0 aromatic heterocycles. The van der Waals surface area contributed by atoms with E-state index >= 15 is 0 Å². The van der Waals surface area contributed by atoms with Crippen molar-refractivity contribution in [3.05, 3.63) is 29.8 Å². The van der Waals surface area contributed by atoms with Crippen LogP contribution >= 0.6 is 11.8 Å². The van der Waals surface area contributed by atoms with E-state index in [9.17, 15) is 0 Å². The molecule has 2 heterocycles. The molecule has 0 amide bonds. The van der Waals surface area contributed by atoms with Crippen molar-refractivity contribution in [3.8, 4) is 0 Å². The highest BCUT2D eigenvalue weighted by molar-refractivity contribution is 8.01. The summed E-state index contributed by atoms with van der Waals surface area (Å²) in [4.78, 5) is 1.48. The highest BCUT2D eigenvalue weighted by atomic mass is 32.2. The van der Waals surface area contributed by atoms with Crippen molar-refractivity contribution in [1.82, 2.24) is 5.32 Å². The zero-order chi connectivity index (χ0) is 9.60. The first-order valence-corrected chi connectivity index (χ1v) is 6.13. The molecule has 2 aliphatic heterocycles. The molecule has 0 spiro atoms. The maximum atomic E-state index is 3.66. The molecular weight excluding hydrogens is 190 g/mol. The average Bonchev–Trinajstić information content (AvgIpc) is 2.49. The Morgan fingerprint density at radius 3 is 3.21 bits per heavy atom. The molecule has 1 aromatic rings. The minimum Gasteiger partial charge on any atom is -0.309 e. The van der Waals surface area contributed by atoms with Gasteiger partial charge in [0.1, 0.15) is 0 Å². The van der Waals surface area contributed by atoms with E-state index in [0.717, 1.165) is 0 Å². The van der Waals surface area contributed by atoms with Gasteiger partial charge in [0.25, 0.3) is 0 Å². The maximum absolute atomic E-state index is 3.66. The number of fused-ring (bicyclic) bond motifs is 3. The minimum absolute atomic E-state index is 0.405. The van der Waals surface area contributed by atoms with Gasteiger partial charge in [-0.15, -0.1) is 11.8 Å². The Hall–Kier alpha value is -0.470. The van der Waals surface area contributed by atoms with Gasteiger partial charge in [0.05, 0.1) is 0 Å². The van der Waals surface area contributed by atoms with Gasteiger partial charge in [-0.05, 0) is 37.9 Å². The summed E-state index contributed by atoms with van der Waals surface area (Å²) >= 11 is 2.06. The van der Waals surface area contributed by atoms with E-state index in [1.165, 1.54) is 29.8 Å². The Morgan fingerprint density at radius 1 is 1.43 bits per heavy atom. The van der Waals surface area contributed by atoms with Gasteiger partial charge < -0.3 is 5.32 Å². The van der Waals surface area contributed by atoms with Crippen LogP contribution in [-0.2, 0) is 0 Å². The van der Waals surface area contributed by atoms with Gasteiger partial charge in [-0.2, -0.15) is 0 Å². The fourth-order valence-electron chi connectivity index (χ4n) is 2.66. The number of hydrogen-bond donors (Lipinski definition) is 1. The molecule has 74 valence electrons. The van der Waals surface area contributed by atoms with Crippen LogP contribution in [0.15, 0.2) is 29.2 Å². The summed E-state index contributed by atoms with van der Waals surface area (Å²) in [7, 11) is 0. The molecule has 2 heteroatoms. The highest BCUT2D eigenvalue weighted by Crippen LogP contribution is 2.55. The molecule has 3 rings (SSSR count). The number of rotatable bonds is 0. The molecule has 14 heavy (non-hydrogen) atoms. The van der Waals surface area contributed by atoms with Crippen molar-refractivity contribution in [2.45, 2.75) is 35.4 Å². The summed E-state index contributed by atoms with van der Waals surface area (Å²) in [6.45, 7) is 3.57. The summed E-state index contributed by atoms with van der Waals surface area (Å²) in [6, 6.07) is 9.41. The summed E-state index contributed by atoms with van der Waals surface area (Å²) in [6.07, 6.45) is 2.65. The van der Waals surface area contributed by atoms with E-state index in [2.05, 4.69) is 48.3 Å². The molecule has 0 saturated carbocycles. The van der Waals surface area contributed by atoms with E-state index in [1.807, 2.05) is 0 Å². The number of benzene rings is 1. The Bertz CT molecular complexity index is 363. The van der Waals surface area contributed by atoms with Crippen molar-refractivity contribution in [2.75, 3.05) is 6.54 Å². The van der Waals surface area contributed by atoms with E-state index < -0.39 is 0 Å². The van der Waals surface area contributed by atoms with Gasteiger partial charge in [0.2, 0.25) is 0 Å². The Kier molecular flexibility index (Phi) is 1.89. The van der Waals surface area contributed by atoms with Crippen LogP contribution in [0.25, 0.3) is 0 Å². The van der Waals surface area contributed by atoms with Crippen LogP contribution in [0.1, 0.15) is 31.4 Å². The van der Waals surface area contributed by atoms with Crippen LogP contribution in [0, 0.1) is 0 Å². The Balaban J connectivity index is 2.07. The van der Waals surface area contributed by atoms with Crippen molar-refractivity contribution < 1.29 is 0 Å². The molecule has 1 N–H and O–H groups in total. The van der Waals surface area contributed by atoms with Gasteiger partial charge in [-0.25, -0.2) is 0 Å². The third-order valence-electron chi connectivity index (χ3n) is 3.38. The lowest BCUT2D eigenvalue weighted by atomic mass is 9.87. The largest absolute Gasteiger partial charge is 0.309 e. The normalized spacial score (nSPS) is 35.1. The molecule has 1 fully saturated rings. The second-order valence-electron chi connectivity index (χ2n) is 4.44. The summed E-state index contributed by atoms with van der Waals surface area (Å²) in [5, 5.41) is 3.66. The number of thioether (sulfide) groups is 1. The quantitative estimate of drug-likeness (QED) is 0.699. The lowest BCUT2D eigenvalue weighted by Gasteiger charge is -2.36. The number of piperidine rings is 1. The molecule has 1 saturated heterocycles. The van der Waals surface area contributed by atoms with Crippen LogP contribution in [0.2, 0.25) is 0 Å². The molecule has 2 unspecified atom stereocenters. The van der Waals surface area contributed by atoms with Crippen molar-refractivity contribution in [1.29, 1.82) is 0 Å². The summed E-state index contributed by atoms with van der Waals surface area (Å²) < 4.78 is 0.405. The molecule has 2 atom stereocenters. The SMILES string of the molecule is CC12CCCNC1c1ccccc1S2. The standard InChI is InChI=1S/C12H15NS/c1-12-7-4-8-13-11(12)9-5-2-3-6-10(9)14-12/h2-3,5-6,11,13H,4,7-8H2,1H3. The maximum Gasteiger partial charge on any atom is 0.0481 e. The average molecular weight is 205 g/mol. The lowest BCUT2D eigenvalue weighted by molar-refractivity contribution is 0.346. The van der Waals surface area contributed by atoms with Crippen molar-refractivity contribution in [2.24, 2.45) is 0 Å². The zero-order valence-corrected chi connectivity index (χ0v) is 9.23. The predicted octanol–water partition coefficient (Wildman–Crippen LogP) is 2.98. The first-order valence-electron chi connectivity index (χ1n) is 5.31. The third-order valence-corrected chi connectivity index (χ3v) is 4.88. The molecule has 0 radical (unpaired) electrons. The molecule has 0 bridgehead atoms. The van der Waals surface area contributed by atoms with Gasteiger partial charge >= 0.3 is 0 Å². The zero-order valence-electron chi connectivity index (χ0n) is 8.42. The highest BCUT2D eigenvalue weighted by Gasteiger charge is 2.44. The van der Waals surface area contributed by atoms with Gasteiger partial charge in [0, 0.05) is 15.7 Å². The molecule has 1 aromatic carbocycles. The molecule has 0 aliphatic carbocycles. The fourth-order valence-corrected chi connectivity index (χ4v) is 4.19. The molecule has 2 aliphatic rings. The molecule has 1 nitrogen and oxygen atoms in total. The van der Waals surface area contributed by atoms with Gasteiger partial charge in [-0.1, -0.05) is 18.2 Å². The smallest absolute Gasteiger partial charge is 0.0481 e. The van der Waals surface area contributed by atoms with Crippen molar-refractivity contribution in [3.63, 3.8) is 0 Å². The van der Waals surface area contributed by atoms with E-state index in [1.54, 1.807) is 0 Å². The predicted molar refractivity (Wildman–Crippen MR) is 60.7 cm³/mol. The van der Waals surface area contributed by atoms with Crippen LogP contribution in [0.4, 0.5) is 0 Å². The minimum atomic E-state index is 0.405. The van der Waals surface area contributed by atoms with E-state index in [4.69, 9.17) is 0 Å². The van der Waals surface area contributed by atoms with Crippen LogP contribution in [0.3, 0.4) is 0 Å². The second-order valence-corrected chi connectivity index (χ2v) is 6.02. The van der Waals surface area contributed by atoms with E-state index in [0.29, 0.717) is 10.8 Å². The summed E-state index contributed by atoms with van der Waals surface area (Å²) in [5.41, 5.74) is 1.51.